The summed E-state index contributed by atoms with van der Waals surface area (Å²) in [4.78, 5) is 13.3. The van der Waals surface area contributed by atoms with Crippen LogP contribution in [0.15, 0.2) is 41.9 Å². The monoisotopic (exact) mass is 454 g/mol. The number of nitrogens with zero attached hydrogens (tertiary/aromatic N) is 6. The Kier molecular flexibility index (Phi) is 7.16. The van der Waals surface area contributed by atoms with E-state index in [1.165, 1.54) is 6.33 Å². The first-order valence-corrected chi connectivity index (χ1v) is 8.04. The predicted octanol–water partition coefficient (Wildman–Crippen LogP) is 1.38. The highest BCUT2D eigenvalue weighted by Crippen LogP contribution is 2.04. The van der Waals surface area contributed by atoms with Crippen molar-refractivity contribution in [3.05, 3.63) is 48.4 Å². The average molecular weight is 454 g/mol. The van der Waals surface area contributed by atoms with Crippen LogP contribution in [0, 0.1) is 0 Å². The standard InChI is InChI=1S/C16H22N8.HI/c1-3-17-16(19-10-15-20-12-21-23(15)2)18-8-7-13-11-24-9-5-4-6-14(24)22-13;/h4-6,9,11-12H,3,7-8,10H2,1-2H3,(H2,17,18,19);1H. The van der Waals surface area contributed by atoms with E-state index in [1.807, 2.05) is 42.8 Å². The molecule has 0 aromatic carbocycles. The van der Waals surface area contributed by atoms with E-state index < -0.39 is 0 Å². The van der Waals surface area contributed by atoms with Crippen molar-refractivity contribution in [2.75, 3.05) is 13.1 Å². The zero-order chi connectivity index (χ0) is 16.8. The summed E-state index contributed by atoms with van der Waals surface area (Å²) >= 11 is 0. The van der Waals surface area contributed by atoms with Crippen molar-refractivity contribution in [2.45, 2.75) is 19.9 Å². The number of pyridine rings is 1. The highest BCUT2D eigenvalue weighted by atomic mass is 127. The Hall–Kier alpha value is -2.17. The Morgan fingerprint density at radius 2 is 2.16 bits per heavy atom. The molecule has 0 aliphatic heterocycles. The van der Waals surface area contributed by atoms with Gasteiger partial charge in [-0.2, -0.15) is 5.10 Å². The lowest BCUT2D eigenvalue weighted by Gasteiger charge is -2.10. The molecule has 2 N–H and O–H groups in total. The molecule has 0 aliphatic rings. The largest absolute Gasteiger partial charge is 0.357 e. The van der Waals surface area contributed by atoms with E-state index in [4.69, 9.17) is 0 Å². The number of fused-ring (bicyclic) bond motifs is 1. The van der Waals surface area contributed by atoms with Gasteiger partial charge in [-0.15, -0.1) is 24.0 Å². The fraction of sp³-hybridized carbons (Fsp3) is 0.375. The van der Waals surface area contributed by atoms with Crippen molar-refractivity contribution >= 4 is 35.6 Å². The second-order valence-corrected chi connectivity index (χ2v) is 5.37. The third kappa shape index (κ3) is 5.15. The number of halogens is 1. The number of hydrogen-bond donors (Lipinski definition) is 2. The highest BCUT2D eigenvalue weighted by Gasteiger charge is 2.03. The minimum absolute atomic E-state index is 0. The quantitative estimate of drug-likeness (QED) is 0.334. The van der Waals surface area contributed by atoms with Gasteiger partial charge >= 0.3 is 0 Å². The zero-order valence-electron chi connectivity index (χ0n) is 14.4. The molecular weight excluding hydrogens is 431 g/mol. The minimum atomic E-state index is 0. The lowest BCUT2D eigenvalue weighted by Crippen LogP contribution is -2.38. The number of hydrogen-bond acceptors (Lipinski definition) is 4. The highest BCUT2D eigenvalue weighted by molar-refractivity contribution is 14.0. The van der Waals surface area contributed by atoms with Crippen molar-refractivity contribution in [1.82, 2.24) is 34.8 Å². The molecule has 25 heavy (non-hydrogen) atoms. The van der Waals surface area contributed by atoms with Gasteiger partial charge in [0.05, 0.1) is 5.69 Å². The molecular formula is C16H23IN8. The van der Waals surface area contributed by atoms with Gasteiger partial charge in [0, 0.05) is 39.0 Å². The summed E-state index contributed by atoms with van der Waals surface area (Å²) in [7, 11) is 1.86. The third-order valence-electron chi connectivity index (χ3n) is 3.62. The molecule has 0 bridgehead atoms. The van der Waals surface area contributed by atoms with Crippen molar-refractivity contribution < 1.29 is 0 Å². The van der Waals surface area contributed by atoms with Crippen LogP contribution in [0.5, 0.6) is 0 Å². The van der Waals surface area contributed by atoms with Crippen LogP contribution in [0.1, 0.15) is 18.4 Å². The number of aryl methyl sites for hydroxylation is 1. The summed E-state index contributed by atoms with van der Waals surface area (Å²) < 4.78 is 3.76. The number of aromatic nitrogens is 5. The van der Waals surface area contributed by atoms with Crippen LogP contribution < -0.4 is 10.6 Å². The van der Waals surface area contributed by atoms with Crippen molar-refractivity contribution in [3.8, 4) is 0 Å². The van der Waals surface area contributed by atoms with E-state index >= 15 is 0 Å². The molecule has 0 aliphatic carbocycles. The molecule has 0 atom stereocenters. The molecule has 0 fully saturated rings. The van der Waals surface area contributed by atoms with E-state index in [-0.39, 0.29) is 24.0 Å². The van der Waals surface area contributed by atoms with E-state index in [0.29, 0.717) is 6.54 Å². The third-order valence-corrected chi connectivity index (χ3v) is 3.62. The van der Waals surface area contributed by atoms with E-state index in [0.717, 1.165) is 42.6 Å². The SMILES string of the molecule is CCNC(=NCc1ncnn1C)NCCc1cn2ccccc2n1.I. The lowest BCUT2D eigenvalue weighted by atomic mass is 10.3. The molecule has 8 nitrogen and oxygen atoms in total. The number of nitrogens with one attached hydrogen (secondary N) is 2. The molecule has 3 rings (SSSR count). The second-order valence-electron chi connectivity index (χ2n) is 5.37. The summed E-state index contributed by atoms with van der Waals surface area (Å²) in [6.45, 7) is 4.09. The van der Waals surface area contributed by atoms with Crippen LogP contribution >= 0.6 is 24.0 Å². The van der Waals surface area contributed by atoms with Crippen LogP contribution in [0.2, 0.25) is 0 Å². The van der Waals surface area contributed by atoms with Crippen LogP contribution in [0.3, 0.4) is 0 Å². The molecule has 0 saturated heterocycles. The molecule has 0 radical (unpaired) electrons. The number of rotatable bonds is 6. The smallest absolute Gasteiger partial charge is 0.191 e. The van der Waals surface area contributed by atoms with Gasteiger partial charge in [0.2, 0.25) is 0 Å². The van der Waals surface area contributed by atoms with Crippen LogP contribution in [-0.4, -0.2) is 43.2 Å². The summed E-state index contributed by atoms with van der Waals surface area (Å²) in [5.74, 6) is 1.59. The Bertz CT molecular complexity index is 789. The van der Waals surface area contributed by atoms with Gasteiger partial charge in [-0.1, -0.05) is 6.07 Å². The van der Waals surface area contributed by atoms with Crippen LogP contribution in [0.25, 0.3) is 5.65 Å². The van der Waals surface area contributed by atoms with Gasteiger partial charge < -0.3 is 15.0 Å². The maximum absolute atomic E-state index is 4.59. The fourth-order valence-corrected chi connectivity index (χ4v) is 2.37. The first-order chi connectivity index (χ1) is 11.8. The molecule has 0 amide bonds. The van der Waals surface area contributed by atoms with E-state index in [2.05, 4.69) is 36.9 Å². The van der Waals surface area contributed by atoms with Gasteiger partial charge in [-0.05, 0) is 19.1 Å². The lowest BCUT2D eigenvalue weighted by molar-refractivity contribution is 0.697. The van der Waals surface area contributed by atoms with Gasteiger partial charge in [0.1, 0.15) is 24.3 Å². The second kappa shape index (κ2) is 9.35. The van der Waals surface area contributed by atoms with Gasteiger partial charge in [-0.3, -0.25) is 4.68 Å². The maximum atomic E-state index is 4.59. The normalized spacial score (nSPS) is 11.4. The number of aliphatic imine (C=N–C) groups is 1. The zero-order valence-corrected chi connectivity index (χ0v) is 16.7. The first-order valence-electron chi connectivity index (χ1n) is 8.04. The van der Waals surface area contributed by atoms with Crippen molar-refractivity contribution in [1.29, 1.82) is 0 Å². The molecule has 3 heterocycles. The fourth-order valence-electron chi connectivity index (χ4n) is 2.37. The first kappa shape index (κ1) is 19.2. The average Bonchev–Trinajstić information content (AvgIpc) is 3.18. The molecule has 3 aromatic rings. The summed E-state index contributed by atoms with van der Waals surface area (Å²) in [6, 6.07) is 6.00. The summed E-state index contributed by atoms with van der Waals surface area (Å²) in [6.07, 6.45) is 6.43. The van der Waals surface area contributed by atoms with E-state index in [1.54, 1.807) is 4.68 Å². The topological polar surface area (TPSA) is 84.4 Å². The Labute approximate surface area is 163 Å². The molecule has 0 saturated carbocycles. The van der Waals surface area contributed by atoms with Crippen LogP contribution in [0.4, 0.5) is 0 Å². The van der Waals surface area contributed by atoms with Crippen molar-refractivity contribution in [2.24, 2.45) is 12.0 Å². The number of imidazole rings is 1. The van der Waals surface area contributed by atoms with Gasteiger partial charge in [-0.25, -0.2) is 15.0 Å². The molecule has 0 spiro atoms. The van der Waals surface area contributed by atoms with E-state index in [9.17, 15) is 0 Å². The van der Waals surface area contributed by atoms with Gasteiger partial charge in [0.15, 0.2) is 5.96 Å². The molecule has 134 valence electrons. The summed E-state index contributed by atoms with van der Waals surface area (Å²) in [5, 5.41) is 10.6. The van der Waals surface area contributed by atoms with Gasteiger partial charge in [0.25, 0.3) is 0 Å². The molecule has 0 unspecified atom stereocenters. The Morgan fingerprint density at radius 1 is 1.28 bits per heavy atom. The van der Waals surface area contributed by atoms with Crippen LogP contribution in [-0.2, 0) is 20.0 Å². The summed E-state index contributed by atoms with van der Waals surface area (Å²) in [5.41, 5.74) is 2.02. The minimum Gasteiger partial charge on any atom is -0.357 e. The Morgan fingerprint density at radius 3 is 2.88 bits per heavy atom. The Balaban J connectivity index is 0.00000225. The molecule has 9 heteroatoms. The number of guanidine groups is 1. The maximum Gasteiger partial charge on any atom is 0.191 e. The predicted molar refractivity (Wildman–Crippen MR) is 108 cm³/mol. The van der Waals surface area contributed by atoms with Crippen molar-refractivity contribution in [3.63, 3.8) is 0 Å². The molecule has 3 aromatic heterocycles.